The van der Waals surface area contributed by atoms with Gasteiger partial charge in [-0.1, -0.05) is 17.7 Å². The van der Waals surface area contributed by atoms with Crippen molar-refractivity contribution in [2.75, 3.05) is 6.61 Å². The van der Waals surface area contributed by atoms with Crippen LogP contribution in [0.2, 0.25) is 5.02 Å². The fourth-order valence-corrected chi connectivity index (χ4v) is 3.18. The van der Waals surface area contributed by atoms with E-state index in [0.717, 1.165) is 11.1 Å². The van der Waals surface area contributed by atoms with Gasteiger partial charge in [-0.15, -0.1) is 0 Å². The van der Waals surface area contributed by atoms with Crippen LogP contribution < -0.4 is 0 Å². The molecule has 1 amide bonds. The molecule has 1 aromatic heterocycles. The van der Waals surface area contributed by atoms with Crippen molar-refractivity contribution in [3.8, 4) is 11.4 Å². The van der Waals surface area contributed by atoms with Crippen LogP contribution in [0, 0.1) is 0 Å². The first-order chi connectivity index (χ1) is 12.1. The number of aromatic nitrogens is 3. The van der Waals surface area contributed by atoms with E-state index in [1.165, 1.54) is 6.33 Å². The second-order valence-electron chi connectivity index (χ2n) is 7.70. The van der Waals surface area contributed by atoms with Crippen molar-refractivity contribution >= 4 is 17.7 Å². The van der Waals surface area contributed by atoms with E-state index < -0.39 is 17.4 Å². The van der Waals surface area contributed by atoms with Crippen molar-refractivity contribution in [1.82, 2.24) is 20.1 Å². The molecule has 1 N–H and O–H groups in total. The Hall–Kier alpha value is -2.12. The number of halogens is 1. The Labute approximate surface area is 157 Å². The van der Waals surface area contributed by atoms with Gasteiger partial charge < -0.3 is 9.47 Å². The van der Waals surface area contributed by atoms with Gasteiger partial charge in [-0.2, -0.15) is 5.10 Å². The molecule has 1 saturated heterocycles. The molecule has 1 atom stereocenters. The van der Waals surface area contributed by atoms with Gasteiger partial charge in [0.1, 0.15) is 17.7 Å². The lowest BCUT2D eigenvalue weighted by atomic mass is 10.0. The molecule has 1 unspecified atom stereocenters. The number of H-pyrrole nitrogens is 1. The monoisotopic (exact) mass is 378 g/mol. The lowest BCUT2D eigenvalue weighted by molar-refractivity contribution is -0.0626. The van der Waals surface area contributed by atoms with E-state index in [4.69, 9.17) is 21.1 Å². The zero-order valence-corrected chi connectivity index (χ0v) is 16.3. The predicted octanol–water partition coefficient (Wildman–Crippen LogP) is 4.17. The van der Waals surface area contributed by atoms with Gasteiger partial charge >= 0.3 is 6.09 Å². The number of hydrogen-bond donors (Lipinski definition) is 1. The minimum atomic E-state index is -0.779. The average molecular weight is 379 g/mol. The second kappa shape index (κ2) is 6.55. The molecule has 2 aromatic rings. The van der Waals surface area contributed by atoms with Crippen molar-refractivity contribution in [3.05, 3.63) is 35.1 Å². The Balaban J connectivity index is 1.97. The summed E-state index contributed by atoms with van der Waals surface area (Å²) in [6, 6.07) is 5.27. The molecule has 0 aliphatic carbocycles. The van der Waals surface area contributed by atoms with E-state index in [1.54, 1.807) is 11.0 Å². The molecule has 0 spiro atoms. The molecule has 3 rings (SSSR count). The van der Waals surface area contributed by atoms with E-state index in [1.807, 2.05) is 46.8 Å². The van der Waals surface area contributed by atoms with Gasteiger partial charge in [0.25, 0.3) is 0 Å². The number of carbonyl (C=O) groups is 1. The Morgan fingerprint density at radius 2 is 2.15 bits per heavy atom. The predicted molar refractivity (Wildman–Crippen MR) is 97.7 cm³/mol. The molecule has 140 valence electrons. The van der Waals surface area contributed by atoms with Crippen LogP contribution >= 0.6 is 11.6 Å². The van der Waals surface area contributed by atoms with E-state index in [2.05, 4.69) is 15.2 Å². The Kier molecular flexibility index (Phi) is 4.71. The van der Waals surface area contributed by atoms with Crippen molar-refractivity contribution < 1.29 is 14.3 Å². The largest absolute Gasteiger partial charge is 0.444 e. The van der Waals surface area contributed by atoms with E-state index in [9.17, 15) is 4.79 Å². The zero-order chi connectivity index (χ0) is 19.1. The summed E-state index contributed by atoms with van der Waals surface area (Å²) in [5, 5.41) is 7.23. The average Bonchev–Trinajstić information content (AvgIpc) is 3.13. The molecule has 0 bridgehead atoms. The van der Waals surface area contributed by atoms with Gasteiger partial charge in [0.15, 0.2) is 5.82 Å². The summed E-state index contributed by atoms with van der Waals surface area (Å²) < 4.78 is 11.5. The van der Waals surface area contributed by atoms with Gasteiger partial charge in [-0.25, -0.2) is 9.78 Å². The Morgan fingerprint density at radius 3 is 2.77 bits per heavy atom. The van der Waals surface area contributed by atoms with Crippen molar-refractivity contribution in [3.63, 3.8) is 0 Å². The van der Waals surface area contributed by atoms with Crippen LogP contribution in [0.1, 0.15) is 46.2 Å². The van der Waals surface area contributed by atoms with Crippen LogP contribution in [0.4, 0.5) is 4.79 Å². The normalized spacial score (nSPS) is 19.6. The van der Waals surface area contributed by atoms with E-state index >= 15 is 0 Å². The first kappa shape index (κ1) is 18.7. The molecule has 0 radical (unpaired) electrons. The summed E-state index contributed by atoms with van der Waals surface area (Å²) in [5.41, 5.74) is 0.234. The molecule has 8 heteroatoms. The summed E-state index contributed by atoms with van der Waals surface area (Å²) in [4.78, 5) is 18.6. The van der Waals surface area contributed by atoms with Gasteiger partial charge in [-0.3, -0.25) is 10.00 Å². The fourth-order valence-electron chi connectivity index (χ4n) is 2.97. The SMILES string of the molecule is CC(C)(C)OC(=O)N1C(c2ccc(Cl)c(-c3ncn[nH]3)c2)COC1(C)C. The molecule has 0 saturated carbocycles. The number of rotatable bonds is 2. The number of amides is 1. The highest BCUT2D eigenvalue weighted by atomic mass is 35.5. The van der Waals surface area contributed by atoms with Crippen LogP contribution in [0.25, 0.3) is 11.4 Å². The minimum absolute atomic E-state index is 0.293. The van der Waals surface area contributed by atoms with Gasteiger partial charge in [-0.05, 0) is 52.3 Å². The third-order valence-corrected chi connectivity index (χ3v) is 4.45. The molecule has 1 aliphatic rings. The Bertz CT molecular complexity index is 799. The quantitative estimate of drug-likeness (QED) is 0.848. The molecule has 1 aliphatic heterocycles. The minimum Gasteiger partial charge on any atom is -0.444 e. The van der Waals surface area contributed by atoms with Gasteiger partial charge in [0.2, 0.25) is 0 Å². The molecule has 2 heterocycles. The number of benzene rings is 1. The molecule has 1 aromatic carbocycles. The van der Waals surface area contributed by atoms with Crippen LogP contribution in [0.5, 0.6) is 0 Å². The lowest BCUT2D eigenvalue weighted by Gasteiger charge is -2.35. The maximum atomic E-state index is 12.8. The van der Waals surface area contributed by atoms with Gasteiger partial charge in [0.05, 0.1) is 17.7 Å². The van der Waals surface area contributed by atoms with Crippen LogP contribution in [-0.2, 0) is 9.47 Å². The molecule has 26 heavy (non-hydrogen) atoms. The summed E-state index contributed by atoms with van der Waals surface area (Å²) in [5.74, 6) is 0.568. The highest BCUT2D eigenvalue weighted by Crippen LogP contribution is 2.39. The fraction of sp³-hybridized carbons (Fsp3) is 0.500. The highest BCUT2D eigenvalue weighted by Gasteiger charge is 2.46. The number of nitrogens with zero attached hydrogens (tertiary/aromatic N) is 3. The number of aromatic amines is 1. The van der Waals surface area contributed by atoms with E-state index in [-0.39, 0.29) is 6.04 Å². The number of ether oxygens (including phenoxy) is 2. The van der Waals surface area contributed by atoms with Crippen LogP contribution in [0.15, 0.2) is 24.5 Å². The third-order valence-electron chi connectivity index (χ3n) is 4.12. The topological polar surface area (TPSA) is 80.3 Å². The second-order valence-corrected chi connectivity index (χ2v) is 8.10. The maximum absolute atomic E-state index is 12.8. The summed E-state index contributed by atoms with van der Waals surface area (Å²) >= 11 is 6.31. The third kappa shape index (κ3) is 3.68. The van der Waals surface area contributed by atoms with Crippen LogP contribution in [-0.4, -0.2) is 44.1 Å². The van der Waals surface area contributed by atoms with Crippen LogP contribution in [0.3, 0.4) is 0 Å². The van der Waals surface area contributed by atoms with Gasteiger partial charge in [0, 0.05) is 5.56 Å². The molecular weight excluding hydrogens is 356 g/mol. The number of nitrogens with one attached hydrogen (secondary N) is 1. The lowest BCUT2D eigenvalue weighted by Crippen LogP contribution is -2.47. The molecule has 1 fully saturated rings. The first-order valence-corrected chi connectivity index (χ1v) is 8.78. The number of hydrogen-bond acceptors (Lipinski definition) is 5. The standard InChI is InChI=1S/C18H23ClN4O3/c1-17(2,3)26-16(24)23-14(9-25-18(23,4)5)11-6-7-13(19)12(8-11)15-20-10-21-22-15/h6-8,10,14H,9H2,1-5H3,(H,20,21,22). The van der Waals surface area contributed by atoms with Crippen molar-refractivity contribution in [2.24, 2.45) is 0 Å². The first-order valence-electron chi connectivity index (χ1n) is 8.40. The Morgan fingerprint density at radius 1 is 1.42 bits per heavy atom. The summed E-state index contributed by atoms with van der Waals surface area (Å²) in [6.45, 7) is 9.59. The maximum Gasteiger partial charge on any atom is 0.413 e. The smallest absolute Gasteiger partial charge is 0.413 e. The van der Waals surface area contributed by atoms with Crippen molar-refractivity contribution in [2.45, 2.75) is 52.0 Å². The number of carbonyl (C=O) groups excluding carboxylic acids is 1. The van der Waals surface area contributed by atoms with E-state index in [0.29, 0.717) is 17.5 Å². The van der Waals surface area contributed by atoms with Crippen molar-refractivity contribution in [1.29, 1.82) is 0 Å². The summed E-state index contributed by atoms with van der Waals surface area (Å²) in [7, 11) is 0. The zero-order valence-electron chi connectivity index (χ0n) is 15.5. The molecule has 7 nitrogen and oxygen atoms in total. The highest BCUT2D eigenvalue weighted by molar-refractivity contribution is 6.33. The summed E-state index contributed by atoms with van der Waals surface area (Å²) in [6.07, 6.45) is 1.01. The molecular formula is C18H23ClN4O3.